The van der Waals surface area contributed by atoms with Crippen LogP contribution in [0.25, 0.3) is 10.9 Å². The summed E-state index contributed by atoms with van der Waals surface area (Å²) in [5, 5.41) is 1.52. The number of pyridine rings is 1. The van der Waals surface area contributed by atoms with Gasteiger partial charge in [-0.1, -0.05) is 27.5 Å². The van der Waals surface area contributed by atoms with Crippen LogP contribution >= 0.6 is 27.5 Å². The number of benzene rings is 1. The zero-order valence-corrected chi connectivity index (χ0v) is 10.4. The lowest BCUT2D eigenvalue weighted by molar-refractivity contribution is 1.24. The molecule has 0 bridgehead atoms. The fourth-order valence-corrected chi connectivity index (χ4v) is 2.35. The molecular weight excluding hydrogens is 277 g/mol. The van der Waals surface area contributed by atoms with Crippen molar-refractivity contribution in [2.24, 2.45) is 5.84 Å². The number of hydrogen-bond donors (Lipinski definition) is 2. The molecule has 0 radical (unpaired) electrons. The second kappa shape index (κ2) is 3.96. The summed E-state index contributed by atoms with van der Waals surface area (Å²) < 4.78 is 0.905. The average molecular weight is 287 g/mol. The number of hydrogen-bond acceptors (Lipinski definition) is 3. The van der Waals surface area contributed by atoms with E-state index < -0.39 is 0 Å². The Morgan fingerprint density at radius 2 is 2.13 bits per heavy atom. The Labute approximate surface area is 101 Å². The number of nitrogen functional groups attached to an aromatic ring is 1. The Balaban J connectivity index is 2.89. The first-order chi connectivity index (χ1) is 7.11. The molecule has 15 heavy (non-hydrogen) atoms. The number of fused-ring (bicyclic) bond motifs is 1. The summed E-state index contributed by atoms with van der Waals surface area (Å²) in [4.78, 5) is 4.38. The van der Waals surface area contributed by atoms with E-state index in [2.05, 4.69) is 26.3 Å². The van der Waals surface area contributed by atoms with Gasteiger partial charge < -0.3 is 5.43 Å². The number of aromatic nitrogens is 1. The van der Waals surface area contributed by atoms with Crippen LogP contribution in [0.3, 0.4) is 0 Å². The lowest BCUT2D eigenvalue weighted by Gasteiger charge is -2.08. The number of nitrogens with zero attached hydrogens (tertiary/aromatic N) is 1. The molecule has 0 aliphatic heterocycles. The normalized spacial score (nSPS) is 10.7. The van der Waals surface area contributed by atoms with Gasteiger partial charge in [-0.2, -0.15) is 0 Å². The molecule has 0 aliphatic rings. The summed E-state index contributed by atoms with van der Waals surface area (Å²) in [6.45, 7) is 1.90. The lowest BCUT2D eigenvalue weighted by atomic mass is 10.1. The van der Waals surface area contributed by atoms with Crippen LogP contribution in [0, 0.1) is 6.92 Å². The van der Waals surface area contributed by atoms with Crippen LogP contribution in [0.4, 0.5) is 5.69 Å². The van der Waals surface area contributed by atoms with Gasteiger partial charge in [-0.3, -0.25) is 10.8 Å². The highest BCUT2D eigenvalue weighted by molar-refractivity contribution is 9.10. The molecule has 0 aliphatic carbocycles. The summed E-state index contributed by atoms with van der Waals surface area (Å²) in [5.74, 6) is 5.45. The van der Waals surface area contributed by atoms with Gasteiger partial charge >= 0.3 is 0 Å². The number of rotatable bonds is 1. The molecule has 1 aromatic carbocycles. The smallest absolute Gasteiger partial charge is 0.0913 e. The van der Waals surface area contributed by atoms with Gasteiger partial charge in [0.25, 0.3) is 0 Å². The number of hydrazine groups is 1. The maximum atomic E-state index is 6.10. The average Bonchev–Trinajstić information content (AvgIpc) is 2.18. The van der Waals surface area contributed by atoms with E-state index in [1.807, 2.05) is 25.1 Å². The first-order valence-corrected chi connectivity index (χ1v) is 5.52. The predicted octanol–water partition coefficient (Wildman–Crippen LogP) is 3.24. The van der Waals surface area contributed by atoms with E-state index in [1.165, 1.54) is 0 Å². The summed E-state index contributed by atoms with van der Waals surface area (Å²) in [6.07, 6.45) is 0. The molecule has 2 rings (SSSR count). The van der Waals surface area contributed by atoms with Crippen LogP contribution in [0.15, 0.2) is 22.7 Å². The van der Waals surface area contributed by atoms with E-state index in [0.717, 1.165) is 26.8 Å². The van der Waals surface area contributed by atoms with Gasteiger partial charge in [-0.05, 0) is 25.1 Å². The van der Waals surface area contributed by atoms with Crippen molar-refractivity contribution in [1.29, 1.82) is 0 Å². The van der Waals surface area contributed by atoms with E-state index in [1.54, 1.807) is 0 Å². The minimum absolute atomic E-state index is 0.611. The monoisotopic (exact) mass is 285 g/mol. The Bertz CT molecular complexity index is 528. The molecule has 1 aromatic heterocycles. The maximum Gasteiger partial charge on any atom is 0.0913 e. The summed E-state index contributed by atoms with van der Waals surface area (Å²) in [5.41, 5.74) is 5.10. The van der Waals surface area contributed by atoms with Gasteiger partial charge in [-0.15, -0.1) is 0 Å². The SMILES string of the molecule is Cc1cc(NN)c2cc(Br)cc(Cl)c2n1. The fraction of sp³-hybridized carbons (Fsp3) is 0.100. The van der Waals surface area contributed by atoms with Crippen molar-refractivity contribution in [3.05, 3.63) is 33.4 Å². The molecule has 0 spiro atoms. The van der Waals surface area contributed by atoms with Crippen LogP contribution in [0.2, 0.25) is 5.02 Å². The van der Waals surface area contributed by atoms with Crippen molar-refractivity contribution in [3.8, 4) is 0 Å². The van der Waals surface area contributed by atoms with Crippen molar-refractivity contribution in [2.45, 2.75) is 6.92 Å². The zero-order chi connectivity index (χ0) is 11.0. The minimum atomic E-state index is 0.611. The van der Waals surface area contributed by atoms with Gasteiger partial charge in [0.15, 0.2) is 0 Å². The third kappa shape index (κ3) is 1.93. The zero-order valence-electron chi connectivity index (χ0n) is 8.01. The van der Waals surface area contributed by atoms with E-state index in [4.69, 9.17) is 17.4 Å². The molecule has 0 fully saturated rings. The molecule has 5 heteroatoms. The third-order valence-corrected chi connectivity index (χ3v) is 2.86. The largest absolute Gasteiger partial charge is 0.323 e. The van der Waals surface area contributed by atoms with E-state index in [-0.39, 0.29) is 0 Å². The summed E-state index contributed by atoms with van der Waals surface area (Å²) >= 11 is 9.49. The topological polar surface area (TPSA) is 50.9 Å². The molecule has 1 heterocycles. The van der Waals surface area contributed by atoms with Gasteiger partial charge in [0.05, 0.1) is 16.2 Å². The highest BCUT2D eigenvalue weighted by Crippen LogP contribution is 2.31. The summed E-state index contributed by atoms with van der Waals surface area (Å²) in [7, 11) is 0. The van der Waals surface area contributed by atoms with Crippen molar-refractivity contribution < 1.29 is 0 Å². The first-order valence-electron chi connectivity index (χ1n) is 4.35. The second-order valence-corrected chi connectivity index (χ2v) is 4.56. The molecular formula is C10H9BrClN3. The highest BCUT2D eigenvalue weighted by atomic mass is 79.9. The van der Waals surface area contributed by atoms with Crippen molar-refractivity contribution in [1.82, 2.24) is 4.98 Å². The minimum Gasteiger partial charge on any atom is -0.323 e. The van der Waals surface area contributed by atoms with Crippen LogP contribution in [0.5, 0.6) is 0 Å². The van der Waals surface area contributed by atoms with Gasteiger partial charge in [-0.25, -0.2) is 0 Å². The second-order valence-electron chi connectivity index (χ2n) is 3.24. The number of halogens is 2. The maximum absolute atomic E-state index is 6.10. The molecule has 3 nitrogen and oxygen atoms in total. The molecule has 2 aromatic rings. The van der Waals surface area contributed by atoms with E-state index >= 15 is 0 Å². The Hall–Kier alpha value is -0.840. The number of nitrogens with one attached hydrogen (secondary N) is 1. The fourth-order valence-electron chi connectivity index (χ4n) is 1.50. The number of aryl methyl sites for hydroxylation is 1. The molecule has 3 N–H and O–H groups in total. The molecule has 78 valence electrons. The lowest BCUT2D eigenvalue weighted by Crippen LogP contribution is -2.08. The number of anilines is 1. The van der Waals surface area contributed by atoms with Crippen molar-refractivity contribution in [2.75, 3.05) is 5.43 Å². The van der Waals surface area contributed by atoms with Crippen LogP contribution in [-0.4, -0.2) is 4.98 Å². The molecule has 0 amide bonds. The summed E-state index contributed by atoms with van der Waals surface area (Å²) in [6, 6.07) is 5.63. The van der Waals surface area contributed by atoms with Crippen LogP contribution in [0.1, 0.15) is 5.69 Å². The number of nitrogens with two attached hydrogens (primary N) is 1. The van der Waals surface area contributed by atoms with Crippen LogP contribution < -0.4 is 11.3 Å². The van der Waals surface area contributed by atoms with E-state index in [9.17, 15) is 0 Å². The third-order valence-electron chi connectivity index (χ3n) is 2.12. The predicted molar refractivity (Wildman–Crippen MR) is 67.0 cm³/mol. The van der Waals surface area contributed by atoms with Crippen molar-refractivity contribution >= 4 is 44.1 Å². The molecule has 0 saturated carbocycles. The Kier molecular flexibility index (Phi) is 2.82. The highest BCUT2D eigenvalue weighted by Gasteiger charge is 2.07. The first kappa shape index (κ1) is 10.7. The standard InChI is InChI=1S/C10H9BrClN3/c1-5-2-9(15-13)7-3-6(11)4-8(12)10(7)14-5/h2-4H,13H2,1H3,(H,14,15). The quantitative estimate of drug-likeness (QED) is 0.625. The van der Waals surface area contributed by atoms with E-state index in [0.29, 0.717) is 5.02 Å². The molecule has 0 unspecified atom stereocenters. The van der Waals surface area contributed by atoms with Crippen LogP contribution in [-0.2, 0) is 0 Å². The van der Waals surface area contributed by atoms with Crippen molar-refractivity contribution in [3.63, 3.8) is 0 Å². The van der Waals surface area contributed by atoms with Gasteiger partial charge in [0.1, 0.15) is 0 Å². The Morgan fingerprint density at radius 1 is 1.40 bits per heavy atom. The van der Waals surface area contributed by atoms with Gasteiger partial charge in [0, 0.05) is 15.6 Å². The molecule has 0 saturated heterocycles. The Morgan fingerprint density at radius 3 is 2.80 bits per heavy atom. The molecule has 0 atom stereocenters. The van der Waals surface area contributed by atoms with Gasteiger partial charge in [0.2, 0.25) is 0 Å².